The van der Waals surface area contributed by atoms with E-state index in [4.69, 9.17) is 5.73 Å². The predicted molar refractivity (Wildman–Crippen MR) is 92.5 cm³/mol. The van der Waals surface area contributed by atoms with Gasteiger partial charge in [0.2, 0.25) is 0 Å². The maximum Gasteiger partial charge on any atom is 0.326 e. The van der Waals surface area contributed by atoms with E-state index in [1.807, 2.05) is 30.3 Å². The van der Waals surface area contributed by atoms with E-state index in [1.54, 1.807) is 0 Å². The first kappa shape index (κ1) is 20.1. The van der Waals surface area contributed by atoms with Crippen molar-refractivity contribution in [3.8, 4) is 0 Å². The van der Waals surface area contributed by atoms with Crippen LogP contribution in [-0.2, 0) is 16.0 Å². The largest absolute Gasteiger partial charge is 0.480 e. The van der Waals surface area contributed by atoms with E-state index in [1.165, 1.54) is 0 Å². The minimum absolute atomic E-state index is 0.337. The molecule has 0 fully saturated rings. The third kappa shape index (κ3) is 7.10. The van der Waals surface area contributed by atoms with Gasteiger partial charge in [0.05, 0.1) is 0 Å². The van der Waals surface area contributed by atoms with Gasteiger partial charge in [-0.1, -0.05) is 62.9 Å². The zero-order valence-corrected chi connectivity index (χ0v) is 14.1. The first-order valence-electron chi connectivity index (χ1n) is 8.46. The number of aliphatic carboxylic acids is 1. The van der Waals surface area contributed by atoms with E-state index in [2.05, 4.69) is 12.2 Å². The molecule has 5 N–H and O–H groups in total. The Morgan fingerprint density at radius 3 is 2.42 bits per heavy atom. The van der Waals surface area contributed by atoms with Gasteiger partial charge in [-0.05, 0) is 18.4 Å². The molecule has 0 radical (unpaired) electrons. The molecule has 0 spiro atoms. The SMILES string of the molecule is CCCCCCC(NC(=O)[C@@H](O)[C@H](N)Cc1ccccc1)C(=O)O. The Bertz CT molecular complexity index is 507. The summed E-state index contributed by atoms with van der Waals surface area (Å²) in [4.78, 5) is 23.3. The average molecular weight is 336 g/mol. The van der Waals surface area contributed by atoms with Gasteiger partial charge < -0.3 is 21.3 Å². The minimum Gasteiger partial charge on any atom is -0.480 e. The molecule has 0 saturated heterocycles. The fourth-order valence-electron chi connectivity index (χ4n) is 2.48. The molecule has 1 unspecified atom stereocenters. The number of benzene rings is 1. The number of carboxylic acids is 1. The van der Waals surface area contributed by atoms with Crippen molar-refractivity contribution in [1.29, 1.82) is 0 Å². The second-order valence-electron chi connectivity index (χ2n) is 6.05. The number of aliphatic hydroxyl groups excluding tert-OH is 1. The standard InChI is InChI=1S/C18H28N2O4/c1-2-3-4-8-11-15(18(23)24)20-17(22)16(21)14(19)12-13-9-6-5-7-10-13/h5-7,9-10,14-16,21H,2-4,8,11-12,19H2,1H3,(H,20,22)(H,23,24)/t14-,15?,16+/m1/s1. The Labute approximate surface area is 143 Å². The molecule has 0 aromatic heterocycles. The lowest BCUT2D eigenvalue weighted by molar-refractivity contribution is -0.143. The van der Waals surface area contributed by atoms with Crippen LogP contribution in [0.15, 0.2) is 30.3 Å². The maximum absolute atomic E-state index is 12.1. The second-order valence-corrected chi connectivity index (χ2v) is 6.05. The number of carboxylic acid groups (broad SMARTS) is 1. The molecule has 0 aliphatic heterocycles. The third-order valence-corrected chi connectivity index (χ3v) is 3.95. The lowest BCUT2D eigenvalue weighted by Crippen LogP contribution is -2.51. The van der Waals surface area contributed by atoms with E-state index >= 15 is 0 Å². The normalized spacial score (nSPS) is 14.6. The summed E-state index contributed by atoms with van der Waals surface area (Å²) >= 11 is 0. The molecule has 1 aromatic carbocycles. The molecule has 0 bridgehead atoms. The zero-order chi connectivity index (χ0) is 17.9. The molecular formula is C18H28N2O4. The van der Waals surface area contributed by atoms with Crippen LogP contribution in [0, 0.1) is 0 Å². The van der Waals surface area contributed by atoms with Gasteiger partial charge >= 0.3 is 5.97 Å². The van der Waals surface area contributed by atoms with Crippen LogP contribution in [0.5, 0.6) is 0 Å². The molecule has 6 heteroatoms. The quantitative estimate of drug-likeness (QED) is 0.457. The van der Waals surface area contributed by atoms with Gasteiger partial charge in [0.25, 0.3) is 5.91 Å². The molecular weight excluding hydrogens is 308 g/mol. The molecule has 0 heterocycles. The lowest BCUT2D eigenvalue weighted by atomic mass is 10.0. The van der Waals surface area contributed by atoms with Gasteiger partial charge in [-0.3, -0.25) is 4.79 Å². The number of hydrogen-bond donors (Lipinski definition) is 4. The highest BCUT2D eigenvalue weighted by atomic mass is 16.4. The molecule has 6 nitrogen and oxygen atoms in total. The van der Waals surface area contributed by atoms with Crippen molar-refractivity contribution in [3.63, 3.8) is 0 Å². The van der Waals surface area contributed by atoms with Gasteiger partial charge in [0.15, 0.2) is 0 Å². The van der Waals surface area contributed by atoms with Crippen molar-refractivity contribution < 1.29 is 19.8 Å². The first-order chi connectivity index (χ1) is 11.5. The van der Waals surface area contributed by atoms with Gasteiger partial charge in [-0.2, -0.15) is 0 Å². The molecule has 0 saturated carbocycles. The highest BCUT2D eigenvalue weighted by Gasteiger charge is 2.27. The second kappa shape index (κ2) is 10.8. The zero-order valence-electron chi connectivity index (χ0n) is 14.1. The van der Waals surface area contributed by atoms with Crippen molar-refractivity contribution in [2.45, 2.75) is 63.6 Å². The number of aliphatic hydroxyl groups is 1. The van der Waals surface area contributed by atoms with E-state index in [9.17, 15) is 19.8 Å². The van der Waals surface area contributed by atoms with Crippen molar-refractivity contribution in [2.24, 2.45) is 5.73 Å². The maximum atomic E-state index is 12.1. The number of rotatable bonds is 11. The van der Waals surface area contributed by atoms with E-state index in [-0.39, 0.29) is 0 Å². The van der Waals surface area contributed by atoms with E-state index in [0.717, 1.165) is 31.2 Å². The smallest absolute Gasteiger partial charge is 0.326 e. The molecule has 24 heavy (non-hydrogen) atoms. The summed E-state index contributed by atoms with van der Waals surface area (Å²) in [6.45, 7) is 2.07. The highest BCUT2D eigenvalue weighted by Crippen LogP contribution is 2.08. The van der Waals surface area contributed by atoms with Crippen LogP contribution >= 0.6 is 0 Å². The summed E-state index contributed by atoms with van der Waals surface area (Å²) in [7, 11) is 0. The van der Waals surface area contributed by atoms with Gasteiger partial charge in [0, 0.05) is 6.04 Å². The number of hydrogen-bond acceptors (Lipinski definition) is 4. The number of carbonyl (C=O) groups excluding carboxylic acids is 1. The summed E-state index contributed by atoms with van der Waals surface area (Å²) in [6.07, 6.45) is 2.97. The van der Waals surface area contributed by atoms with Gasteiger partial charge in [0.1, 0.15) is 12.1 Å². The molecule has 3 atom stereocenters. The van der Waals surface area contributed by atoms with Crippen LogP contribution in [0.4, 0.5) is 0 Å². The predicted octanol–water partition coefficient (Wildman–Crippen LogP) is 1.46. The fourth-order valence-corrected chi connectivity index (χ4v) is 2.48. The van der Waals surface area contributed by atoms with Gasteiger partial charge in [-0.25, -0.2) is 4.79 Å². The summed E-state index contributed by atoms with van der Waals surface area (Å²) in [5.41, 5.74) is 6.79. The van der Waals surface area contributed by atoms with Crippen molar-refractivity contribution in [1.82, 2.24) is 5.32 Å². The Kier molecular flexibility index (Phi) is 9.04. The first-order valence-corrected chi connectivity index (χ1v) is 8.46. The molecule has 134 valence electrons. The van der Waals surface area contributed by atoms with Crippen molar-refractivity contribution in [3.05, 3.63) is 35.9 Å². The molecule has 1 amide bonds. The summed E-state index contributed by atoms with van der Waals surface area (Å²) in [5, 5.41) is 21.7. The molecule has 0 aliphatic carbocycles. The average Bonchev–Trinajstić information content (AvgIpc) is 2.57. The van der Waals surface area contributed by atoms with Crippen molar-refractivity contribution >= 4 is 11.9 Å². The molecule has 1 rings (SSSR count). The highest BCUT2D eigenvalue weighted by molar-refractivity contribution is 5.86. The summed E-state index contributed by atoms with van der Waals surface area (Å²) < 4.78 is 0. The number of nitrogens with two attached hydrogens (primary N) is 1. The Morgan fingerprint density at radius 2 is 1.83 bits per heavy atom. The fraction of sp³-hybridized carbons (Fsp3) is 0.556. The Hall–Kier alpha value is -1.92. The van der Waals surface area contributed by atoms with Crippen LogP contribution in [0.2, 0.25) is 0 Å². The minimum atomic E-state index is -1.44. The van der Waals surface area contributed by atoms with E-state index < -0.39 is 30.1 Å². The van der Waals surface area contributed by atoms with Gasteiger partial charge in [-0.15, -0.1) is 0 Å². The topological polar surface area (TPSA) is 113 Å². The van der Waals surface area contributed by atoms with Crippen LogP contribution < -0.4 is 11.1 Å². The summed E-state index contributed by atoms with van der Waals surface area (Å²) in [6, 6.07) is 7.51. The van der Waals surface area contributed by atoms with Crippen LogP contribution in [0.25, 0.3) is 0 Å². The van der Waals surface area contributed by atoms with E-state index in [0.29, 0.717) is 12.8 Å². The Balaban J connectivity index is 2.51. The molecule has 1 aromatic rings. The number of carbonyl (C=O) groups is 2. The number of nitrogens with one attached hydrogen (secondary N) is 1. The van der Waals surface area contributed by atoms with Crippen LogP contribution in [0.1, 0.15) is 44.6 Å². The third-order valence-electron chi connectivity index (χ3n) is 3.95. The van der Waals surface area contributed by atoms with Crippen LogP contribution in [-0.4, -0.2) is 40.3 Å². The number of amides is 1. The molecule has 0 aliphatic rings. The van der Waals surface area contributed by atoms with Crippen LogP contribution in [0.3, 0.4) is 0 Å². The summed E-state index contributed by atoms with van der Waals surface area (Å²) in [5.74, 6) is -1.83. The monoisotopic (exact) mass is 336 g/mol. The number of unbranched alkanes of at least 4 members (excludes halogenated alkanes) is 3. The van der Waals surface area contributed by atoms with Crippen molar-refractivity contribution in [2.75, 3.05) is 0 Å². The lowest BCUT2D eigenvalue weighted by Gasteiger charge is -2.21. The Morgan fingerprint density at radius 1 is 1.17 bits per heavy atom.